The average Bonchev–Trinajstić information content (AvgIpc) is 2.33. The third kappa shape index (κ3) is 6.01. The Morgan fingerprint density at radius 2 is 2.21 bits per heavy atom. The molecular weight excluding hydrogens is 278 g/mol. The lowest BCUT2D eigenvalue weighted by atomic mass is 9.90. The van der Waals surface area contributed by atoms with Crippen LogP contribution >= 0.6 is 12.4 Å². The van der Waals surface area contributed by atoms with Crippen molar-refractivity contribution < 1.29 is 18.3 Å². The van der Waals surface area contributed by atoms with Crippen LogP contribution in [0.5, 0.6) is 0 Å². The number of ether oxygens (including phenoxy) is 1. The number of hydrogen-bond acceptors (Lipinski definition) is 3. The van der Waals surface area contributed by atoms with Gasteiger partial charge >= 0.3 is 0 Å². The van der Waals surface area contributed by atoms with Gasteiger partial charge in [0.1, 0.15) is 6.61 Å². The molecule has 1 aliphatic rings. The number of piperidine rings is 1. The quantitative estimate of drug-likeness (QED) is 0.759. The van der Waals surface area contributed by atoms with Gasteiger partial charge < -0.3 is 15.4 Å². The van der Waals surface area contributed by atoms with Crippen LogP contribution < -0.4 is 5.73 Å². The lowest BCUT2D eigenvalue weighted by Crippen LogP contribution is -2.51. The van der Waals surface area contributed by atoms with Gasteiger partial charge in [0.05, 0.1) is 13.0 Å². The van der Waals surface area contributed by atoms with Crippen molar-refractivity contribution in [2.45, 2.75) is 38.7 Å². The molecule has 2 unspecified atom stereocenters. The van der Waals surface area contributed by atoms with Gasteiger partial charge in [-0.15, -0.1) is 12.4 Å². The summed E-state index contributed by atoms with van der Waals surface area (Å²) in [6.45, 7) is 2.68. The third-order valence-corrected chi connectivity index (χ3v) is 3.38. The predicted molar refractivity (Wildman–Crippen MR) is 71.6 cm³/mol. The minimum Gasteiger partial charge on any atom is -0.375 e. The Kier molecular flexibility index (Phi) is 9.22. The van der Waals surface area contributed by atoms with E-state index < -0.39 is 13.0 Å². The van der Waals surface area contributed by atoms with Crippen molar-refractivity contribution in [3.63, 3.8) is 0 Å². The largest absolute Gasteiger partial charge is 0.375 e. The van der Waals surface area contributed by atoms with Gasteiger partial charge in [-0.3, -0.25) is 4.79 Å². The fraction of sp³-hybridized carbons (Fsp3) is 0.917. The second-order valence-corrected chi connectivity index (χ2v) is 4.73. The van der Waals surface area contributed by atoms with E-state index in [1.54, 1.807) is 4.90 Å². The number of carbonyl (C=O) groups is 1. The number of alkyl halides is 2. The average molecular weight is 301 g/mol. The standard InChI is InChI=1S/C12H22F2N2O2.ClH/c1-9-3-2-5-16(10(9)7-15)12(17)4-6-18-8-11(13)14;/h9-11H,2-8,15H2,1H3;1H. The zero-order valence-corrected chi connectivity index (χ0v) is 12.0. The zero-order valence-electron chi connectivity index (χ0n) is 11.2. The normalized spacial score (nSPS) is 23.3. The van der Waals surface area contributed by atoms with Crippen molar-refractivity contribution in [1.82, 2.24) is 4.90 Å². The van der Waals surface area contributed by atoms with Gasteiger partial charge in [0.15, 0.2) is 0 Å². The molecule has 1 aliphatic heterocycles. The van der Waals surface area contributed by atoms with Crippen LogP contribution in [-0.4, -0.2) is 49.6 Å². The molecule has 19 heavy (non-hydrogen) atoms. The van der Waals surface area contributed by atoms with E-state index in [4.69, 9.17) is 10.5 Å². The second-order valence-electron chi connectivity index (χ2n) is 4.73. The number of halogens is 3. The number of nitrogens with zero attached hydrogens (tertiary/aromatic N) is 1. The van der Waals surface area contributed by atoms with Crippen LogP contribution in [0.4, 0.5) is 8.78 Å². The second kappa shape index (κ2) is 9.44. The monoisotopic (exact) mass is 300 g/mol. The number of carbonyl (C=O) groups excluding carboxylic acids is 1. The summed E-state index contributed by atoms with van der Waals surface area (Å²) in [6.07, 6.45) is -0.281. The van der Waals surface area contributed by atoms with E-state index >= 15 is 0 Å². The molecule has 2 atom stereocenters. The van der Waals surface area contributed by atoms with Gasteiger partial charge in [-0.2, -0.15) is 0 Å². The van der Waals surface area contributed by atoms with Gasteiger partial charge in [0.25, 0.3) is 6.43 Å². The number of rotatable bonds is 6. The molecule has 1 heterocycles. The Bertz CT molecular complexity index is 270. The number of amides is 1. The van der Waals surface area contributed by atoms with Gasteiger partial charge in [-0.25, -0.2) is 8.78 Å². The van der Waals surface area contributed by atoms with E-state index in [9.17, 15) is 13.6 Å². The van der Waals surface area contributed by atoms with E-state index in [0.29, 0.717) is 19.0 Å². The highest BCUT2D eigenvalue weighted by atomic mass is 35.5. The van der Waals surface area contributed by atoms with Crippen molar-refractivity contribution in [3.05, 3.63) is 0 Å². The molecule has 1 saturated heterocycles. The first-order valence-corrected chi connectivity index (χ1v) is 6.41. The molecule has 0 bridgehead atoms. The van der Waals surface area contributed by atoms with Crippen molar-refractivity contribution >= 4 is 18.3 Å². The van der Waals surface area contributed by atoms with Gasteiger partial charge in [0.2, 0.25) is 5.91 Å². The molecule has 7 heteroatoms. The van der Waals surface area contributed by atoms with Gasteiger partial charge in [0, 0.05) is 19.1 Å². The zero-order chi connectivity index (χ0) is 13.5. The molecule has 0 spiro atoms. The van der Waals surface area contributed by atoms with Gasteiger partial charge in [-0.1, -0.05) is 6.92 Å². The third-order valence-electron chi connectivity index (χ3n) is 3.38. The summed E-state index contributed by atoms with van der Waals surface area (Å²) >= 11 is 0. The summed E-state index contributed by atoms with van der Waals surface area (Å²) in [5.74, 6) is 0.348. The summed E-state index contributed by atoms with van der Waals surface area (Å²) in [4.78, 5) is 13.7. The molecule has 114 valence electrons. The van der Waals surface area contributed by atoms with Crippen LogP contribution in [0.15, 0.2) is 0 Å². The predicted octanol–water partition coefficient (Wildman–Crippen LogP) is 1.67. The summed E-state index contributed by atoms with van der Waals surface area (Å²) in [5, 5.41) is 0. The highest BCUT2D eigenvalue weighted by molar-refractivity contribution is 5.85. The fourth-order valence-electron chi connectivity index (χ4n) is 2.39. The first-order chi connectivity index (χ1) is 8.56. The molecule has 0 aromatic carbocycles. The fourth-order valence-corrected chi connectivity index (χ4v) is 2.39. The molecule has 0 aliphatic carbocycles. The van der Waals surface area contributed by atoms with Crippen LogP contribution in [0.25, 0.3) is 0 Å². The molecule has 0 saturated carbocycles. The molecule has 0 radical (unpaired) electrons. The number of hydrogen-bond donors (Lipinski definition) is 1. The highest BCUT2D eigenvalue weighted by Crippen LogP contribution is 2.23. The highest BCUT2D eigenvalue weighted by Gasteiger charge is 2.30. The Hall–Kier alpha value is -0.460. The minimum atomic E-state index is -2.48. The Morgan fingerprint density at radius 1 is 1.53 bits per heavy atom. The van der Waals surface area contributed by atoms with Crippen molar-refractivity contribution in [2.24, 2.45) is 11.7 Å². The number of likely N-dealkylation sites (tertiary alicyclic amines) is 1. The van der Waals surface area contributed by atoms with Crippen molar-refractivity contribution in [3.8, 4) is 0 Å². The molecule has 2 N–H and O–H groups in total. The summed E-state index contributed by atoms with van der Waals surface area (Å²) < 4.78 is 28.4. The first kappa shape index (κ1) is 18.5. The molecule has 1 rings (SSSR count). The molecule has 0 aromatic rings. The van der Waals surface area contributed by atoms with Crippen LogP contribution in [0, 0.1) is 5.92 Å². The van der Waals surface area contributed by atoms with Crippen LogP contribution in [0.3, 0.4) is 0 Å². The molecule has 1 amide bonds. The van der Waals surface area contributed by atoms with E-state index in [0.717, 1.165) is 12.8 Å². The van der Waals surface area contributed by atoms with Gasteiger partial charge in [-0.05, 0) is 18.8 Å². The lowest BCUT2D eigenvalue weighted by molar-refractivity contribution is -0.137. The maximum absolute atomic E-state index is 12.0. The Balaban J connectivity index is 0.00000324. The van der Waals surface area contributed by atoms with Crippen molar-refractivity contribution in [1.29, 1.82) is 0 Å². The minimum absolute atomic E-state index is 0. The van der Waals surface area contributed by atoms with E-state index in [2.05, 4.69) is 6.92 Å². The van der Waals surface area contributed by atoms with Crippen LogP contribution in [0.1, 0.15) is 26.2 Å². The Labute approximate surface area is 119 Å². The topological polar surface area (TPSA) is 55.6 Å². The SMILES string of the molecule is CC1CCCN(C(=O)CCOCC(F)F)C1CN.Cl. The number of nitrogens with two attached hydrogens (primary N) is 1. The van der Waals surface area contributed by atoms with Crippen molar-refractivity contribution in [2.75, 3.05) is 26.3 Å². The maximum Gasteiger partial charge on any atom is 0.261 e. The van der Waals surface area contributed by atoms with Crippen LogP contribution in [0.2, 0.25) is 0 Å². The lowest BCUT2D eigenvalue weighted by Gasteiger charge is -2.39. The smallest absolute Gasteiger partial charge is 0.261 e. The molecular formula is C12H23ClF2N2O2. The van der Waals surface area contributed by atoms with E-state index in [1.165, 1.54) is 0 Å². The van der Waals surface area contributed by atoms with Crippen LogP contribution in [-0.2, 0) is 9.53 Å². The summed E-state index contributed by atoms with van der Waals surface area (Å²) in [7, 11) is 0. The van der Waals surface area contributed by atoms with E-state index in [1.807, 2.05) is 0 Å². The molecule has 1 fully saturated rings. The van der Waals surface area contributed by atoms with E-state index in [-0.39, 0.29) is 37.4 Å². The molecule has 4 nitrogen and oxygen atoms in total. The maximum atomic E-state index is 12.0. The summed E-state index contributed by atoms with van der Waals surface area (Å²) in [5.41, 5.74) is 5.69. The first-order valence-electron chi connectivity index (χ1n) is 6.41. The Morgan fingerprint density at radius 3 is 2.79 bits per heavy atom. The summed E-state index contributed by atoms with van der Waals surface area (Å²) in [6, 6.07) is 0.0707. The molecule has 0 aromatic heterocycles.